The van der Waals surface area contributed by atoms with Gasteiger partial charge in [0, 0.05) is 18.8 Å². The van der Waals surface area contributed by atoms with Gasteiger partial charge in [0.05, 0.1) is 13.2 Å². The van der Waals surface area contributed by atoms with Crippen LogP contribution in [0.15, 0.2) is 48.5 Å². The highest BCUT2D eigenvalue weighted by Crippen LogP contribution is 2.22. The Morgan fingerprint density at radius 1 is 1.19 bits per heavy atom. The summed E-state index contributed by atoms with van der Waals surface area (Å²) in [5.41, 5.74) is 1.58. The summed E-state index contributed by atoms with van der Waals surface area (Å²) in [6.07, 6.45) is -0.640. The van der Waals surface area contributed by atoms with Crippen molar-refractivity contribution in [3.05, 3.63) is 59.9 Å². The molecule has 112 valence electrons. The topological polar surface area (TPSA) is 32.7 Å². The van der Waals surface area contributed by atoms with Crippen molar-refractivity contribution in [2.24, 2.45) is 0 Å². The van der Waals surface area contributed by atoms with E-state index in [-0.39, 0.29) is 5.82 Å². The quantitative estimate of drug-likeness (QED) is 0.884. The lowest BCUT2D eigenvalue weighted by Crippen LogP contribution is -2.28. The third-order valence-electron chi connectivity index (χ3n) is 3.45. The average Bonchev–Trinajstić information content (AvgIpc) is 2.52. The number of methoxy groups -OCH3 is 1. The summed E-state index contributed by atoms with van der Waals surface area (Å²) in [5.74, 6) is 0.480. The third kappa shape index (κ3) is 3.95. The van der Waals surface area contributed by atoms with Gasteiger partial charge in [0.15, 0.2) is 0 Å². The molecule has 0 bridgehead atoms. The Bertz CT molecular complexity index is 571. The van der Waals surface area contributed by atoms with E-state index >= 15 is 0 Å². The molecule has 0 spiro atoms. The molecule has 2 aromatic rings. The summed E-state index contributed by atoms with van der Waals surface area (Å²) < 4.78 is 18.4. The number of rotatable bonds is 6. The molecule has 1 N–H and O–H groups in total. The van der Waals surface area contributed by atoms with Gasteiger partial charge in [-0.1, -0.05) is 18.2 Å². The largest absolute Gasteiger partial charge is 0.497 e. The summed E-state index contributed by atoms with van der Waals surface area (Å²) in [5, 5.41) is 10.3. The van der Waals surface area contributed by atoms with E-state index < -0.39 is 6.10 Å². The second kappa shape index (κ2) is 7.09. The minimum Gasteiger partial charge on any atom is -0.497 e. The standard InChI is InChI=1S/C17H20FNO2/c1-3-19(15-6-4-5-14(18)11-15)12-17(20)13-7-9-16(21-2)10-8-13/h4-11,17,20H,3,12H2,1-2H3. The van der Waals surface area contributed by atoms with Crippen LogP contribution in [-0.4, -0.2) is 25.3 Å². The molecule has 0 fully saturated rings. The number of likely N-dealkylation sites (N-methyl/N-ethyl adjacent to an activating group) is 1. The van der Waals surface area contributed by atoms with Crippen LogP contribution in [0.25, 0.3) is 0 Å². The van der Waals surface area contributed by atoms with Gasteiger partial charge in [0.1, 0.15) is 11.6 Å². The summed E-state index contributed by atoms with van der Waals surface area (Å²) in [4.78, 5) is 1.94. The maximum Gasteiger partial charge on any atom is 0.125 e. The zero-order valence-corrected chi connectivity index (χ0v) is 12.3. The summed E-state index contributed by atoms with van der Waals surface area (Å²) in [6, 6.07) is 13.7. The average molecular weight is 289 g/mol. The highest BCUT2D eigenvalue weighted by Gasteiger charge is 2.13. The first-order valence-electron chi connectivity index (χ1n) is 6.96. The number of hydrogen-bond acceptors (Lipinski definition) is 3. The molecule has 2 rings (SSSR count). The van der Waals surface area contributed by atoms with Gasteiger partial charge in [-0.15, -0.1) is 0 Å². The molecule has 2 aromatic carbocycles. The van der Waals surface area contributed by atoms with Crippen molar-refractivity contribution in [1.82, 2.24) is 0 Å². The maximum atomic E-state index is 13.3. The van der Waals surface area contributed by atoms with Crippen molar-refractivity contribution < 1.29 is 14.2 Å². The Morgan fingerprint density at radius 3 is 2.48 bits per heavy atom. The maximum absolute atomic E-state index is 13.3. The first-order valence-corrected chi connectivity index (χ1v) is 6.96. The molecule has 0 radical (unpaired) electrons. The number of aliphatic hydroxyl groups is 1. The van der Waals surface area contributed by atoms with Gasteiger partial charge in [-0.25, -0.2) is 4.39 Å². The third-order valence-corrected chi connectivity index (χ3v) is 3.45. The van der Waals surface area contributed by atoms with Crippen LogP contribution in [-0.2, 0) is 0 Å². The van der Waals surface area contributed by atoms with Crippen LogP contribution in [0.3, 0.4) is 0 Å². The van der Waals surface area contributed by atoms with E-state index in [2.05, 4.69) is 0 Å². The van der Waals surface area contributed by atoms with Gasteiger partial charge in [0.2, 0.25) is 0 Å². The number of nitrogens with zero attached hydrogens (tertiary/aromatic N) is 1. The van der Waals surface area contributed by atoms with Gasteiger partial charge >= 0.3 is 0 Å². The second-order valence-electron chi connectivity index (χ2n) is 4.81. The smallest absolute Gasteiger partial charge is 0.125 e. The van der Waals surface area contributed by atoms with E-state index in [9.17, 15) is 9.50 Å². The number of anilines is 1. The number of halogens is 1. The van der Waals surface area contributed by atoms with Gasteiger partial charge in [-0.3, -0.25) is 0 Å². The fourth-order valence-electron chi connectivity index (χ4n) is 2.23. The SMILES string of the molecule is CCN(CC(O)c1ccc(OC)cc1)c1cccc(F)c1. The van der Waals surface area contributed by atoms with Crippen LogP contribution >= 0.6 is 0 Å². The molecule has 0 amide bonds. The van der Waals surface area contributed by atoms with Crippen molar-refractivity contribution in [2.45, 2.75) is 13.0 Å². The Hall–Kier alpha value is -2.07. The first-order chi connectivity index (χ1) is 10.1. The Kier molecular flexibility index (Phi) is 5.17. The normalized spacial score (nSPS) is 12.0. The van der Waals surface area contributed by atoms with E-state index in [1.54, 1.807) is 13.2 Å². The van der Waals surface area contributed by atoms with E-state index in [4.69, 9.17) is 4.74 Å². The molecule has 0 aliphatic heterocycles. The molecule has 21 heavy (non-hydrogen) atoms. The number of aliphatic hydroxyl groups excluding tert-OH is 1. The number of ether oxygens (including phenoxy) is 1. The van der Waals surface area contributed by atoms with Crippen LogP contribution in [0.4, 0.5) is 10.1 Å². The second-order valence-corrected chi connectivity index (χ2v) is 4.81. The lowest BCUT2D eigenvalue weighted by atomic mass is 10.1. The van der Waals surface area contributed by atoms with Crippen molar-refractivity contribution >= 4 is 5.69 Å². The Morgan fingerprint density at radius 2 is 1.90 bits per heavy atom. The summed E-state index contributed by atoms with van der Waals surface area (Å²) >= 11 is 0. The fourth-order valence-corrected chi connectivity index (χ4v) is 2.23. The van der Waals surface area contributed by atoms with Crippen molar-refractivity contribution in [3.63, 3.8) is 0 Å². The van der Waals surface area contributed by atoms with E-state index in [0.29, 0.717) is 13.1 Å². The lowest BCUT2D eigenvalue weighted by molar-refractivity contribution is 0.183. The molecule has 0 aliphatic rings. The van der Waals surface area contributed by atoms with E-state index in [1.165, 1.54) is 12.1 Å². The fraction of sp³-hybridized carbons (Fsp3) is 0.294. The Balaban J connectivity index is 2.10. The van der Waals surface area contributed by atoms with Gasteiger partial charge in [-0.05, 0) is 42.8 Å². The van der Waals surface area contributed by atoms with Crippen molar-refractivity contribution in [2.75, 3.05) is 25.1 Å². The van der Waals surface area contributed by atoms with E-state index in [1.807, 2.05) is 42.2 Å². The molecule has 0 aliphatic carbocycles. The minimum absolute atomic E-state index is 0.273. The first kappa shape index (κ1) is 15.3. The van der Waals surface area contributed by atoms with Gasteiger partial charge in [-0.2, -0.15) is 0 Å². The molecule has 4 heteroatoms. The monoisotopic (exact) mass is 289 g/mol. The van der Waals surface area contributed by atoms with Crippen molar-refractivity contribution in [3.8, 4) is 5.75 Å². The van der Waals surface area contributed by atoms with Gasteiger partial charge < -0.3 is 14.7 Å². The highest BCUT2D eigenvalue weighted by molar-refractivity contribution is 5.46. The molecule has 1 unspecified atom stereocenters. The molecule has 0 saturated heterocycles. The van der Waals surface area contributed by atoms with Crippen LogP contribution < -0.4 is 9.64 Å². The molecular formula is C17H20FNO2. The summed E-state index contributed by atoms with van der Waals surface area (Å²) in [6.45, 7) is 3.08. The molecule has 0 aromatic heterocycles. The van der Waals surface area contributed by atoms with Crippen LogP contribution in [0.1, 0.15) is 18.6 Å². The zero-order chi connectivity index (χ0) is 15.2. The zero-order valence-electron chi connectivity index (χ0n) is 12.3. The highest BCUT2D eigenvalue weighted by atomic mass is 19.1. The van der Waals surface area contributed by atoms with Crippen LogP contribution in [0.2, 0.25) is 0 Å². The predicted molar refractivity (Wildman–Crippen MR) is 82.2 cm³/mol. The molecular weight excluding hydrogens is 269 g/mol. The molecule has 3 nitrogen and oxygen atoms in total. The molecule has 0 heterocycles. The predicted octanol–water partition coefficient (Wildman–Crippen LogP) is 3.39. The Labute approximate surface area is 124 Å². The van der Waals surface area contributed by atoms with E-state index in [0.717, 1.165) is 17.0 Å². The molecule has 1 atom stereocenters. The molecule has 0 saturated carbocycles. The number of hydrogen-bond donors (Lipinski definition) is 1. The summed E-state index contributed by atoms with van der Waals surface area (Å²) in [7, 11) is 1.61. The minimum atomic E-state index is -0.640. The van der Waals surface area contributed by atoms with Gasteiger partial charge in [0.25, 0.3) is 0 Å². The van der Waals surface area contributed by atoms with Crippen LogP contribution in [0.5, 0.6) is 5.75 Å². The van der Waals surface area contributed by atoms with Crippen LogP contribution in [0, 0.1) is 5.82 Å². The number of benzene rings is 2. The van der Waals surface area contributed by atoms with Crippen molar-refractivity contribution in [1.29, 1.82) is 0 Å². The lowest BCUT2D eigenvalue weighted by Gasteiger charge is -2.26.